The number of hydrogen-bond acceptors (Lipinski definition) is 5. The molecule has 0 radical (unpaired) electrons. The molecule has 0 aromatic heterocycles. The first-order valence-corrected chi connectivity index (χ1v) is 12.5. The number of benzene rings is 1. The Bertz CT molecular complexity index is 929. The first-order valence-electron chi connectivity index (χ1n) is 11.7. The summed E-state index contributed by atoms with van der Waals surface area (Å²) in [6, 6.07) is 5.42. The van der Waals surface area contributed by atoms with E-state index in [0.717, 1.165) is 42.5 Å². The van der Waals surface area contributed by atoms with Crippen LogP contribution in [-0.2, 0) is 16.1 Å². The second-order valence-electron chi connectivity index (χ2n) is 8.12. The zero-order chi connectivity index (χ0) is 25.1. The first kappa shape index (κ1) is 27.9. The summed E-state index contributed by atoms with van der Waals surface area (Å²) in [5.41, 5.74) is 6.81. The highest BCUT2D eigenvalue weighted by atomic mass is 79.9. The molecule has 0 bridgehead atoms. The van der Waals surface area contributed by atoms with Crippen molar-refractivity contribution in [1.82, 2.24) is 10.2 Å². The number of carbonyl (C=O) groups excluding carboxylic acids is 1. The molecule has 34 heavy (non-hydrogen) atoms. The summed E-state index contributed by atoms with van der Waals surface area (Å²) in [6.07, 6.45) is 4.08. The molecule has 3 N–H and O–H groups in total. The summed E-state index contributed by atoms with van der Waals surface area (Å²) in [5, 5.41) is 2.58. The Labute approximate surface area is 210 Å². The lowest BCUT2D eigenvalue weighted by molar-refractivity contribution is -0.116. The van der Waals surface area contributed by atoms with E-state index in [4.69, 9.17) is 15.2 Å². The zero-order valence-electron chi connectivity index (χ0n) is 20.5. The number of aliphatic imine (C=N–C) groups is 1. The second kappa shape index (κ2) is 14.1. The molecule has 1 amide bonds. The van der Waals surface area contributed by atoms with Gasteiger partial charge in [0.2, 0.25) is 0 Å². The molecule has 188 valence electrons. The van der Waals surface area contributed by atoms with Gasteiger partial charge in [0.05, 0.1) is 18.7 Å². The minimum Gasteiger partial charge on any atom is -0.496 e. The summed E-state index contributed by atoms with van der Waals surface area (Å²) in [7, 11) is 1.55. The predicted molar refractivity (Wildman–Crippen MR) is 137 cm³/mol. The van der Waals surface area contributed by atoms with Crippen molar-refractivity contribution in [2.75, 3.05) is 26.7 Å². The van der Waals surface area contributed by atoms with Gasteiger partial charge in [0.25, 0.3) is 5.91 Å². The van der Waals surface area contributed by atoms with Gasteiger partial charge in [-0.15, -0.1) is 0 Å². The number of allylic oxidation sites excluding steroid dienone is 2. The largest absolute Gasteiger partial charge is 0.496 e. The van der Waals surface area contributed by atoms with Crippen LogP contribution in [0.25, 0.3) is 0 Å². The fourth-order valence-electron chi connectivity index (χ4n) is 3.73. The third-order valence-electron chi connectivity index (χ3n) is 5.65. The van der Waals surface area contributed by atoms with Gasteiger partial charge in [-0.1, -0.05) is 35.9 Å². The van der Waals surface area contributed by atoms with Gasteiger partial charge in [0, 0.05) is 16.5 Å². The molecule has 0 aliphatic heterocycles. The number of nitrogens with two attached hydrogens (primary N) is 1. The van der Waals surface area contributed by atoms with Crippen molar-refractivity contribution in [3.8, 4) is 5.75 Å². The quantitative estimate of drug-likeness (QED) is 0.294. The van der Waals surface area contributed by atoms with E-state index in [2.05, 4.69) is 45.0 Å². The van der Waals surface area contributed by atoms with Crippen LogP contribution in [0.15, 0.2) is 50.9 Å². The number of halogens is 2. The Kier molecular flexibility index (Phi) is 11.6. The molecular formula is C25H36BrFN4O3. The molecular weight excluding hydrogens is 503 g/mol. The number of ether oxygens (including phenoxy) is 2. The smallest absolute Gasteiger partial charge is 0.261 e. The van der Waals surface area contributed by atoms with Crippen LogP contribution in [0.4, 0.5) is 4.39 Å². The maximum Gasteiger partial charge on any atom is 0.261 e. The van der Waals surface area contributed by atoms with Crippen LogP contribution in [0.5, 0.6) is 5.75 Å². The van der Waals surface area contributed by atoms with Crippen molar-refractivity contribution in [2.45, 2.75) is 59.1 Å². The van der Waals surface area contributed by atoms with Crippen molar-refractivity contribution < 1.29 is 18.7 Å². The highest BCUT2D eigenvalue weighted by Gasteiger charge is 2.25. The van der Waals surface area contributed by atoms with Crippen molar-refractivity contribution >= 4 is 27.8 Å². The Morgan fingerprint density at radius 3 is 2.76 bits per heavy atom. The summed E-state index contributed by atoms with van der Waals surface area (Å²) >= 11 is 3.41. The van der Waals surface area contributed by atoms with Gasteiger partial charge in [0.15, 0.2) is 11.7 Å². The highest BCUT2D eigenvalue weighted by molar-refractivity contribution is 9.10. The highest BCUT2D eigenvalue weighted by Crippen LogP contribution is 2.30. The van der Waals surface area contributed by atoms with E-state index in [1.54, 1.807) is 19.3 Å². The standard InChI is InChI=1S/C25H36BrFN4O3/c1-5-31(6-2)14-8-9-17(3)29-25(28)30-24(32)20-10-7-11-21(27)23(20)34-16-18-15-19(26)12-13-22(18)33-4/h10,12-13,15,17H,5-9,11,14,16H2,1-4H3,(H3,28,29,30,32). The lowest BCUT2D eigenvalue weighted by atomic mass is 10.0. The van der Waals surface area contributed by atoms with Gasteiger partial charge in [0.1, 0.15) is 18.2 Å². The molecule has 0 spiro atoms. The number of nitrogens with one attached hydrogen (secondary N) is 1. The average Bonchev–Trinajstić information content (AvgIpc) is 2.80. The number of methoxy groups -OCH3 is 1. The molecule has 1 aliphatic carbocycles. The first-order chi connectivity index (χ1) is 16.3. The number of rotatable bonds is 12. The molecule has 1 atom stereocenters. The van der Waals surface area contributed by atoms with E-state index < -0.39 is 11.7 Å². The van der Waals surface area contributed by atoms with E-state index in [1.165, 1.54) is 0 Å². The van der Waals surface area contributed by atoms with Crippen LogP contribution in [0.1, 0.15) is 52.0 Å². The third kappa shape index (κ3) is 8.43. The van der Waals surface area contributed by atoms with Crippen molar-refractivity contribution in [1.29, 1.82) is 0 Å². The van der Waals surface area contributed by atoms with Crippen molar-refractivity contribution in [3.05, 3.63) is 51.5 Å². The van der Waals surface area contributed by atoms with Crippen LogP contribution in [-0.4, -0.2) is 49.6 Å². The minimum absolute atomic E-state index is 0.0141. The SMILES string of the molecule is CCN(CC)CCCC(C)N=C(N)NC(=O)C1=CCCC(F)=C1OCc1cc(Br)ccc1OC. The Balaban J connectivity index is 2.00. The lowest BCUT2D eigenvalue weighted by Crippen LogP contribution is -2.39. The summed E-state index contributed by atoms with van der Waals surface area (Å²) in [4.78, 5) is 19.6. The fourth-order valence-corrected chi connectivity index (χ4v) is 4.13. The van der Waals surface area contributed by atoms with E-state index in [0.29, 0.717) is 12.2 Å². The summed E-state index contributed by atoms with van der Waals surface area (Å²) in [5.74, 6) is -0.461. The van der Waals surface area contributed by atoms with E-state index in [9.17, 15) is 9.18 Å². The van der Waals surface area contributed by atoms with E-state index in [1.807, 2.05) is 19.1 Å². The molecule has 0 heterocycles. The van der Waals surface area contributed by atoms with Gasteiger partial charge in [-0.25, -0.2) is 4.39 Å². The molecule has 1 aromatic carbocycles. The van der Waals surface area contributed by atoms with Crippen LogP contribution < -0.4 is 15.8 Å². The Morgan fingerprint density at radius 2 is 2.09 bits per heavy atom. The number of carbonyl (C=O) groups is 1. The fraction of sp³-hybridized carbons (Fsp3) is 0.520. The number of guanidine groups is 1. The maximum absolute atomic E-state index is 14.7. The van der Waals surface area contributed by atoms with Crippen LogP contribution >= 0.6 is 15.9 Å². The lowest BCUT2D eigenvalue weighted by Gasteiger charge is -2.20. The normalized spacial score (nSPS) is 15.3. The molecule has 2 rings (SSSR count). The second-order valence-corrected chi connectivity index (χ2v) is 9.04. The molecule has 7 nitrogen and oxygen atoms in total. The van der Waals surface area contributed by atoms with Gasteiger partial charge >= 0.3 is 0 Å². The van der Waals surface area contributed by atoms with Crippen molar-refractivity contribution in [2.24, 2.45) is 10.7 Å². The number of amides is 1. The van der Waals surface area contributed by atoms with E-state index >= 15 is 0 Å². The Hall–Kier alpha value is -2.39. The summed E-state index contributed by atoms with van der Waals surface area (Å²) in [6.45, 7) is 9.32. The van der Waals surface area contributed by atoms with Gasteiger partial charge in [-0.2, -0.15) is 0 Å². The van der Waals surface area contributed by atoms with Gasteiger partial charge in [-0.3, -0.25) is 15.1 Å². The third-order valence-corrected chi connectivity index (χ3v) is 6.15. The van der Waals surface area contributed by atoms with Gasteiger partial charge < -0.3 is 20.1 Å². The van der Waals surface area contributed by atoms with E-state index in [-0.39, 0.29) is 36.4 Å². The number of hydrogen-bond donors (Lipinski definition) is 2. The molecule has 1 aliphatic rings. The van der Waals surface area contributed by atoms with Crippen LogP contribution in [0, 0.1) is 0 Å². The maximum atomic E-state index is 14.7. The minimum atomic E-state index is -0.539. The topological polar surface area (TPSA) is 89.2 Å². The molecule has 0 fully saturated rings. The molecule has 1 unspecified atom stereocenters. The Morgan fingerprint density at radius 1 is 1.35 bits per heavy atom. The summed E-state index contributed by atoms with van der Waals surface area (Å²) < 4.78 is 26.6. The van der Waals surface area contributed by atoms with Crippen LogP contribution in [0.3, 0.4) is 0 Å². The average molecular weight is 539 g/mol. The predicted octanol–water partition coefficient (Wildman–Crippen LogP) is 4.82. The van der Waals surface area contributed by atoms with Crippen molar-refractivity contribution in [3.63, 3.8) is 0 Å². The molecule has 1 aromatic rings. The van der Waals surface area contributed by atoms with Gasteiger partial charge in [-0.05, 0) is 64.0 Å². The number of nitrogens with zero attached hydrogens (tertiary/aromatic N) is 2. The molecule has 0 saturated heterocycles. The molecule has 0 saturated carbocycles. The molecule has 9 heteroatoms. The monoisotopic (exact) mass is 538 g/mol. The van der Waals surface area contributed by atoms with Crippen LogP contribution in [0.2, 0.25) is 0 Å². The zero-order valence-corrected chi connectivity index (χ0v) is 22.1.